The summed E-state index contributed by atoms with van der Waals surface area (Å²) in [5.41, 5.74) is -0.0674. The summed E-state index contributed by atoms with van der Waals surface area (Å²) in [5, 5.41) is 4.27. The van der Waals surface area contributed by atoms with Crippen LogP contribution >= 0.6 is 15.9 Å². The summed E-state index contributed by atoms with van der Waals surface area (Å²) in [5.74, 6) is 0. The summed E-state index contributed by atoms with van der Waals surface area (Å²) in [6, 6.07) is 0. The molecule has 0 aliphatic carbocycles. The van der Waals surface area contributed by atoms with Crippen molar-refractivity contribution in [3.8, 4) is 0 Å². The second-order valence-electron chi connectivity index (χ2n) is 5.04. The quantitative estimate of drug-likeness (QED) is 0.835. The van der Waals surface area contributed by atoms with Gasteiger partial charge in [0.25, 0.3) is 0 Å². The van der Waals surface area contributed by atoms with Crippen LogP contribution in [0.3, 0.4) is 0 Å². The van der Waals surface area contributed by atoms with Crippen LogP contribution in [0, 0.1) is 0 Å². The number of morpholine rings is 1. The first-order valence-electron chi connectivity index (χ1n) is 5.53. The van der Waals surface area contributed by atoms with E-state index in [1.54, 1.807) is 0 Å². The fourth-order valence-corrected chi connectivity index (χ4v) is 2.64. The van der Waals surface area contributed by atoms with Crippen LogP contribution in [-0.2, 0) is 11.4 Å². The first kappa shape index (κ1) is 12.1. The maximum Gasteiger partial charge on any atom is 0.0931 e. The molecule has 0 spiro atoms. The van der Waals surface area contributed by atoms with E-state index in [9.17, 15) is 0 Å². The predicted molar refractivity (Wildman–Crippen MR) is 66.1 cm³/mol. The standard InChI is InChI=1S/C11H18BrN3O/c1-9-5-14(7-11(2,3)16-9)8-15-6-10(12)4-13-15/h4,6,9H,5,7-8H2,1-3H3. The van der Waals surface area contributed by atoms with Crippen molar-refractivity contribution in [1.82, 2.24) is 14.7 Å². The molecule has 4 nitrogen and oxygen atoms in total. The van der Waals surface area contributed by atoms with Gasteiger partial charge in [0.1, 0.15) is 0 Å². The average molecular weight is 288 g/mol. The molecule has 0 aromatic carbocycles. The zero-order valence-electron chi connectivity index (χ0n) is 9.98. The molecule has 1 atom stereocenters. The van der Waals surface area contributed by atoms with Crippen LogP contribution in [0.15, 0.2) is 16.9 Å². The van der Waals surface area contributed by atoms with Gasteiger partial charge in [-0.05, 0) is 36.7 Å². The fourth-order valence-electron chi connectivity index (χ4n) is 2.31. The van der Waals surface area contributed by atoms with E-state index in [-0.39, 0.29) is 11.7 Å². The highest BCUT2D eigenvalue weighted by Crippen LogP contribution is 2.21. The van der Waals surface area contributed by atoms with Gasteiger partial charge in [0.15, 0.2) is 0 Å². The summed E-state index contributed by atoms with van der Waals surface area (Å²) in [6.45, 7) is 9.11. The van der Waals surface area contributed by atoms with E-state index < -0.39 is 0 Å². The van der Waals surface area contributed by atoms with Gasteiger partial charge in [-0.1, -0.05) is 0 Å². The Kier molecular flexibility index (Phi) is 3.37. The van der Waals surface area contributed by atoms with E-state index in [1.165, 1.54) is 0 Å². The Morgan fingerprint density at radius 3 is 2.94 bits per heavy atom. The zero-order chi connectivity index (χ0) is 11.8. The van der Waals surface area contributed by atoms with Crippen molar-refractivity contribution in [3.05, 3.63) is 16.9 Å². The Bertz CT molecular complexity index is 364. The Balaban J connectivity index is 1.99. The number of hydrogen-bond donors (Lipinski definition) is 0. The minimum atomic E-state index is -0.0674. The molecule has 1 aromatic heterocycles. The molecule has 1 unspecified atom stereocenters. The van der Waals surface area contributed by atoms with Crippen molar-refractivity contribution < 1.29 is 4.74 Å². The van der Waals surface area contributed by atoms with E-state index >= 15 is 0 Å². The lowest BCUT2D eigenvalue weighted by molar-refractivity contribution is -0.135. The van der Waals surface area contributed by atoms with E-state index in [0.29, 0.717) is 0 Å². The first-order valence-corrected chi connectivity index (χ1v) is 6.32. The van der Waals surface area contributed by atoms with Gasteiger partial charge in [0, 0.05) is 19.3 Å². The lowest BCUT2D eigenvalue weighted by Crippen LogP contribution is -2.52. The molecule has 0 amide bonds. The molecule has 1 aromatic rings. The molecule has 1 fully saturated rings. The summed E-state index contributed by atoms with van der Waals surface area (Å²) >= 11 is 3.40. The highest BCUT2D eigenvalue weighted by Gasteiger charge is 2.31. The molecular weight excluding hydrogens is 270 g/mol. The van der Waals surface area contributed by atoms with E-state index in [4.69, 9.17) is 4.74 Å². The average Bonchev–Trinajstić information content (AvgIpc) is 2.46. The summed E-state index contributed by atoms with van der Waals surface area (Å²) in [6.07, 6.45) is 4.09. The van der Waals surface area contributed by atoms with Gasteiger partial charge in [-0.2, -0.15) is 5.10 Å². The molecular formula is C11H18BrN3O. The van der Waals surface area contributed by atoms with E-state index in [1.807, 2.05) is 17.1 Å². The van der Waals surface area contributed by atoms with Gasteiger partial charge in [0.2, 0.25) is 0 Å². The largest absolute Gasteiger partial charge is 0.370 e. The first-order chi connectivity index (χ1) is 7.44. The maximum atomic E-state index is 5.87. The second kappa shape index (κ2) is 4.47. The van der Waals surface area contributed by atoms with Crippen molar-refractivity contribution in [2.24, 2.45) is 0 Å². The monoisotopic (exact) mass is 287 g/mol. The normalized spacial score (nSPS) is 25.9. The Hall–Kier alpha value is -0.390. The highest BCUT2D eigenvalue weighted by atomic mass is 79.9. The topological polar surface area (TPSA) is 30.3 Å². The number of hydrogen-bond acceptors (Lipinski definition) is 3. The van der Waals surface area contributed by atoms with E-state index in [0.717, 1.165) is 24.2 Å². The molecule has 0 N–H and O–H groups in total. The number of aromatic nitrogens is 2. The molecule has 0 radical (unpaired) electrons. The summed E-state index contributed by atoms with van der Waals surface area (Å²) in [7, 11) is 0. The minimum absolute atomic E-state index is 0.0674. The van der Waals surface area contributed by atoms with Gasteiger partial charge < -0.3 is 4.74 Å². The fraction of sp³-hybridized carbons (Fsp3) is 0.727. The molecule has 2 rings (SSSR count). The molecule has 1 aliphatic heterocycles. The Morgan fingerprint density at radius 2 is 2.38 bits per heavy atom. The lowest BCUT2D eigenvalue weighted by atomic mass is 10.1. The van der Waals surface area contributed by atoms with Crippen molar-refractivity contribution in [2.75, 3.05) is 13.1 Å². The van der Waals surface area contributed by atoms with Crippen LogP contribution in [0.25, 0.3) is 0 Å². The number of halogens is 1. The highest BCUT2D eigenvalue weighted by molar-refractivity contribution is 9.10. The zero-order valence-corrected chi connectivity index (χ0v) is 11.6. The van der Waals surface area contributed by atoms with Crippen molar-refractivity contribution >= 4 is 15.9 Å². The summed E-state index contributed by atoms with van der Waals surface area (Å²) < 4.78 is 8.83. The lowest BCUT2D eigenvalue weighted by Gasteiger charge is -2.41. The van der Waals surface area contributed by atoms with Crippen molar-refractivity contribution in [2.45, 2.75) is 39.1 Å². The van der Waals surface area contributed by atoms with Crippen LogP contribution in [0.5, 0.6) is 0 Å². The maximum absolute atomic E-state index is 5.87. The Labute approximate surface area is 105 Å². The Morgan fingerprint density at radius 1 is 1.62 bits per heavy atom. The van der Waals surface area contributed by atoms with Gasteiger partial charge in [-0.25, -0.2) is 0 Å². The molecule has 1 saturated heterocycles. The minimum Gasteiger partial charge on any atom is -0.370 e. The van der Waals surface area contributed by atoms with Crippen LogP contribution in [0.4, 0.5) is 0 Å². The molecule has 5 heteroatoms. The molecule has 0 bridgehead atoms. The third-order valence-electron chi connectivity index (χ3n) is 2.59. The van der Waals surface area contributed by atoms with Gasteiger partial charge >= 0.3 is 0 Å². The van der Waals surface area contributed by atoms with Crippen LogP contribution in [-0.4, -0.2) is 39.5 Å². The molecule has 90 valence electrons. The van der Waals surface area contributed by atoms with Crippen LogP contribution < -0.4 is 0 Å². The van der Waals surface area contributed by atoms with Gasteiger partial charge in [0.05, 0.1) is 29.0 Å². The van der Waals surface area contributed by atoms with Crippen molar-refractivity contribution in [3.63, 3.8) is 0 Å². The van der Waals surface area contributed by atoms with Gasteiger partial charge in [-0.3, -0.25) is 9.58 Å². The van der Waals surface area contributed by atoms with Crippen LogP contribution in [0.1, 0.15) is 20.8 Å². The number of rotatable bonds is 2. The third-order valence-corrected chi connectivity index (χ3v) is 3.00. The van der Waals surface area contributed by atoms with Crippen molar-refractivity contribution in [1.29, 1.82) is 0 Å². The SMILES string of the molecule is CC1CN(Cn2cc(Br)cn2)CC(C)(C)O1. The predicted octanol–water partition coefficient (Wildman–Crippen LogP) is 2.10. The third kappa shape index (κ3) is 3.06. The number of nitrogens with zero attached hydrogens (tertiary/aromatic N) is 3. The van der Waals surface area contributed by atoms with Gasteiger partial charge in [-0.15, -0.1) is 0 Å². The molecule has 0 saturated carbocycles. The molecule has 2 heterocycles. The molecule has 16 heavy (non-hydrogen) atoms. The molecule has 1 aliphatic rings. The second-order valence-corrected chi connectivity index (χ2v) is 5.95. The number of ether oxygens (including phenoxy) is 1. The van der Waals surface area contributed by atoms with E-state index in [2.05, 4.69) is 46.7 Å². The summed E-state index contributed by atoms with van der Waals surface area (Å²) in [4.78, 5) is 2.37. The van der Waals surface area contributed by atoms with Crippen LogP contribution in [0.2, 0.25) is 0 Å². The smallest absolute Gasteiger partial charge is 0.0931 e.